The lowest BCUT2D eigenvalue weighted by atomic mass is 9.89. The van der Waals surface area contributed by atoms with Gasteiger partial charge in [0.1, 0.15) is 5.75 Å². The number of methoxy groups -OCH3 is 1. The summed E-state index contributed by atoms with van der Waals surface area (Å²) in [5, 5.41) is 9.83. The molecule has 1 unspecified atom stereocenters. The van der Waals surface area contributed by atoms with Crippen LogP contribution in [-0.4, -0.2) is 12.2 Å². The molecule has 1 aromatic rings. The molecular formula is C11H13BrO2. The largest absolute Gasteiger partial charge is 0.497 e. The second-order valence-corrected chi connectivity index (χ2v) is 4.44. The van der Waals surface area contributed by atoms with Crippen molar-refractivity contribution in [2.75, 3.05) is 7.11 Å². The maximum Gasteiger partial charge on any atom is 0.120 e. The second kappa shape index (κ2) is 3.91. The van der Waals surface area contributed by atoms with E-state index in [1.165, 1.54) is 5.56 Å². The first-order chi connectivity index (χ1) is 6.72. The zero-order chi connectivity index (χ0) is 10.1. The zero-order valence-corrected chi connectivity index (χ0v) is 9.67. The number of halogens is 1. The monoisotopic (exact) mass is 256 g/mol. The van der Waals surface area contributed by atoms with Gasteiger partial charge in [-0.3, -0.25) is 0 Å². The summed E-state index contributed by atoms with van der Waals surface area (Å²) in [6, 6.07) is 3.89. The number of fused-ring (bicyclic) bond motifs is 1. The van der Waals surface area contributed by atoms with E-state index in [0.29, 0.717) is 0 Å². The van der Waals surface area contributed by atoms with E-state index < -0.39 is 0 Å². The Kier molecular flexibility index (Phi) is 2.79. The Hall–Kier alpha value is -0.540. The molecule has 0 amide bonds. The summed E-state index contributed by atoms with van der Waals surface area (Å²) < 4.78 is 6.22. The molecule has 0 aliphatic heterocycles. The summed E-state index contributed by atoms with van der Waals surface area (Å²) in [6.45, 7) is 0. The third-order valence-corrected chi connectivity index (χ3v) is 3.41. The first-order valence-electron chi connectivity index (χ1n) is 4.76. The van der Waals surface area contributed by atoms with Crippen molar-refractivity contribution in [2.45, 2.75) is 25.4 Å². The van der Waals surface area contributed by atoms with E-state index in [4.69, 9.17) is 4.74 Å². The van der Waals surface area contributed by atoms with E-state index in [0.717, 1.165) is 35.0 Å². The average Bonchev–Trinajstić information content (AvgIpc) is 2.19. The first kappa shape index (κ1) is 9.99. The van der Waals surface area contributed by atoms with E-state index in [1.54, 1.807) is 7.11 Å². The molecule has 0 saturated carbocycles. The molecule has 0 heterocycles. The van der Waals surface area contributed by atoms with Crippen LogP contribution in [0.1, 0.15) is 30.1 Å². The highest BCUT2D eigenvalue weighted by Gasteiger charge is 2.20. The van der Waals surface area contributed by atoms with Gasteiger partial charge in [-0.15, -0.1) is 0 Å². The fraction of sp³-hybridized carbons (Fsp3) is 0.455. The van der Waals surface area contributed by atoms with Gasteiger partial charge in [0, 0.05) is 4.47 Å². The molecule has 3 heteroatoms. The molecule has 0 bridgehead atoms. The number of rotatable bonds is 1. The fourth-order valence-corrected chi connectivity index (χ4v) is 2.59. The van der Waals surface area contributed by atoms with Crippen LogP contribution in [0.4, 0.5) is 0 Å². The van der Waals surface area contributed by atoms with Gasteiger partial charge in [0.05, 0.1) is 13.2 Å². The van der Waals surface area contributed by atoms with Crippen LogP contribution in [0.2, 0.25) is 0 Å². The van der Waals surface area contributed by atoms with E-state index in [9.17, 15) is 5.11 Å². The van der Waals surface area contributed by atoms with E-state index in [2.05, 4.69) is 15.9 Å². The predicted octanol–water partition coefficient (Wildman–Crippen LogP) is 2.83. The van der Waals surface area contributed by atoms with E-state index in [1.807, 2.05) is 12.1 Å². The van der Waals surface area contributed by atoms with Gasteiger partial charge in [-0.2, -0.15) is 0 Å². The Balaban J connectivity index is 2.51. The molecule has 2 rings (SSSR count). The van der Waals surface area contributed by atoms with Gasteiger partial charge in [0.2, 0.25) is 0 Å². The van der Waals surface area contributed by atoms with Crippen molar-refractivity contribution in [1.82, 2.24) is 0 Å². The first-order valence-corrected chi connectivity index (χ1v) is 5.56. The van der Waals surface area contributed by atoms with Gasteiger partial charge in [0.15, 0.2) is 0 Å². The van der Waals surface area contributed by atoms with Crippen LogP contribution in [0.5, 0.6) is 5.75 Å². The maximum atomic E-state index is 9.83. The Morgan fingerprint density at radius 2 is 2.29 bits per heavy atom. The second-order valence-electron chi connectivity index (χ2n) is 3.59. The highest BCUT2D eigenvalue weighted by molar-refractivity contribution is 9.10. The van der Waals surface area contributed by atoms with Crippen molar-refractivity contribution in [3.05, 3.63) is 27.7 Å². The quantitative estimate of drug-likeness (QED) is 0.838. The minimum Gasteiger partial charge on any atom is -0.497 e. The summed E-state index contributed by atoms with van der Waals surface area (Å²) in [6.07, 6.45) is 2.62. The lowest BCUT2D eigenvalue weighted by Gasteiger charge is -2.23. The number of ether oxygens (including phenoxy) is 1. The molecule has 1 aromatic carbocycles. The molecule has 76 valence electrons. The number of hydrogen-bond acceptors (Lipinski definition) is 2. The van der Waals surface area contributed by atoms with Crippen LogP contribution >= 0.6 is 15.9 Å². The van der Waals surface area contributed by atoms with Crippen LogP contribution in [0.3, 0.4) is 0 Å². The molecular weight excluding hydrogens is 244 g/mol. The van der Waals surface area contributed by atoms with Gasteiger partial charge in [-0.05, 0) is 42.5 Å². The molecule has 1 aliphatic rings. The van der Waals surface area contributed by atoms with E-state index >= 15 is 0 Å². The van der Waals surface area contributed by atoms with Crippen molar-refractivity contribution in [2.24, 2.45) is 0 Å². The lowest BCUT2D eigenvalue weighted by molar-refractivity contribution is 0.156. The zero-order valence-electron chi connectivity index (χ0n) is 8.09. The van der Waals surface area contributed by atoms with Crippen LogP contribution in [0, 0.1) is 0 Å². The highest BCUT2D eigenvalue weighted by Crippen LogP contribution is 2.37. The molecule has 0 radical (unpaired) electrons. The van der Waals surface area contributed by atoms with Crippen LogP contribution in [-0.2, 0) is 6.42 Å². The third-order valence-electron chi connectivity index (χ3n) is 2.70. The topological polar surface area (TPSA) is 29.5 Å². The van der Waals surface area contributed by atoms with Crippen molar-refractivity contribution in [3.8, 4) is 5.75 Å². The molecule has 0 saturated heterocycles. The summed E-state index contributed by atoms with van der Waals surface area (Å²) in [7, 11) is 1.64. The van der Waals surface area contributed by atoms with Crippen molar-refractivity contribution in [3.63, 3.8) is 0 Å². The van der Waals surface area contributed by atoms with E-state index in [-0.39, 0.29) is 6.10 Å². The third kappa shape index (κ3) is 1.66. The highest BCUT2D eigenvalue weighted by atomic mass is 79.9. The SMILES string of the molecule is COc1cc(Br)c2c(c1)C(O)CCC2. The number of hydrogen-bond donors (Lipinski definition) is 1. The molecule has 2 nitrogen and oxygen atoms in total. The molecule has 0 fully saturated rings. The molecule has 1 aliphatic carbocycles. The van der Waals surface area contributed by atoms with Crippen molar-refractivity contribution < 1.29 is 9.84 Å². The van der Waals surface area contributed by atoms with Crippen molar-refractivity contribution in [1.29, 1.82) is 0 Å². The Labute approximate surface area is 92.0 Å². The summed E-state index contributed by atoms with van der Waals surface area (Å²) >= 11 is 3.51. The average molecular weight is 257 g/mol. The van der Waals surface area contributed by atoms with Crippen LogP contribution in [0.15, 0.2) is 16.6 Å². The predicted molar refractivity (Wildman–Crippen MR) is 58.6 cm³/mol. The number of aliphatic hydroxyl groups is 1. The summed E-state index contributed by atoms with van der Waals surface area (Å²) in [5.41, 5.74) is 2.24. The maximum absolute atomic E-state index is 9.83. The molecule has 14 heavy (non-hydrogen) atoms. The minimum atomic E-state index is -0.329. The van der Waals surface area contributed by atoms with Gasteiger partial charge in [-0.25, -0.2) is 0 Å². The molecule has 1 N–H and O–H groups in total. The van der Waals surface area contributed by atoms with Crippen LogP contribution in [0.25, 0.3) is 0 Å². The summed E-state index contributed by atoms with van der Waals surface area (Å²) in [4.78, 5) is 0. The fourth-order valence-electron chi connectivity index (χ4n) is 1.94. The lowest BCUT2D eigenvalue weighted by Crippen LogP contribution is -2.10. The standard InChI is InChI=1S/C11H13BrO2/c1-14-7-5-9-8(10(12)6-7)3-2-4-11(9)13/h5-6,11,13H,2-4H2,1H3. The molecule has 1 atom stereocenters. The summed E-state index contributed by atoms with van der Waals surface area (Å²) in [5.74, 6) is 0.802. The smallest absolute Gasteiger partial charge is 0.120 e. The Morgan fingerprint density at radius 1 is 1.50 bits per heavy atom. The van der Waals surface area contributed by atoms with Gasteiger partial charge in [-0.1, -0.05) is 15.9 Å². The van der Waals surface area contributed by atoms with Gasteiger partial charge < -0.3 is 9.84 Å². The molecule has 0 aromatic heterocycles. The van der Waals surface area contributed by atoms with Crippen LogP contribution < -0.4 is 4.74 Å². The van der Waals surface area contributed by atoms with Gasteiger partial charge >= 0.3 is 0 Å². The van der Waals surface area contributed by atoms with Gasteiger partial charge in [0.25, 0.3) is 0 Å². The molecule has 0 spiro atoms. The Bertz CT molecular complexity index is 349. The normalized spacial score (nSPS) is 20.4. The number of benzene rings is 1. The Morgan fingerprint density at radius 3 is 3.00 bits per heavy atom. The van der Waals surface area contributed by atoms with Crippen molar-refractivity contribution >= 4 is 15.9 Å². The number of aliphatic hydroxyl groups excluding tert-OH is 1. The minimum absolute atomic E-state index is 0.329.